The number of nitrogens with zero attached hydrogens (tertiary/aromatic N) is 2. The lowest BCUT2D eigenvalue weighted by atomic mass is 9.86. The Morgan fingerprint density at radius 3 is 2.35 bits per heavy atom. The number of carbonyl (C=O) groups is 1. The van der Waals surface area contributed by atoms with Crippen molar-refractivity contribution in [2.45, 2.75) is 46.0 Å². The van der Waals surface area contributed by atoms with Crippen LogP contribution in [0.5, 0.6) is 0 Å². The highest BCUT2D eigenvalue weighted by Gasteiger charge is 2.15. The number of nitrogens with one attached hydrogen (secondary N) is 2. The maximum atomic E-state index is 11.6. The van der Waals surface area contributed by atoms with E-state index in [1.807, 2.05) is 12.3 Å². The molecule has 0 saturated carbocycles. The fourth-order valence-electron chi connectivity index (χ4n) is 4.96. The summed E-state index contributed by atoms with van der Waals surface area (Å²) in [4.78, 5) is 13.2. The molecule has 40 heavy (non-hydrogen) atoms. The lowest BCUT2D eigenvalue weighted by Crippen LogP contribution is -2.20. The summed E-state index contributed by atoms with van der Waals surface area (Å²) < 4.78 is 0. The van der Waals surface area contributed by atoms with Crippen molar-refractivity contribution in [1.82, 2.24) is 20.4 Å². The van der Waals surface area contributed by atoms with Gasteiger partial charge in [-0.2, -0.15) is 5.10 Å². The topological polar surface area (TPSA) is 61.0 Å². The Hall–Kier alpha value is -3.96. The smallest absolute Gasteiger partial charge is 0.245 e. The van der Waals surface area contributed by atoms with Crippen molar-refractivity contribution in [1.29, 1.82) is 0 Å². The molecule has 1 amide bonds. The van der Waals surface area contributed by atoms with Crippen LogP contribution < -0.4 is 5.32 Å². The van der Waals surface area contributed by atoms with Gasteiger partial charge in [-0.05, 0) is 82.8 Å². The van der Waals surface area contributed by atoms with Crippen molar-refractivity contribution in [3.8, 4) is 0 Å². The first-order valence-electron chi connectivity index (χ1n) is 14.3. The Bertz CT molecular complexity index is 1460. The molecule has 0 aliphatic heterocycles. The molecule has 4 aromatic rings. The highest BCUT2D eigenvalue weighted by atomic mass is 16.2. The minimum atomic E-state index is 0.0128. The van der Waals surface area contributed by atoms with E-state index in [1.165, 1.54) is 39.0 Å². The minimum Gasteiger partial charge on any atom is -0.345 e. The van der Waals surface area contributed by atoms with E-state index in [-0.39, 0.29) is 5.91 Å². The lowest BCUT2D eigenvalue weighted by Gasteiger charge is -2.18. The second-order valence-corrected chi connectivity index (χ2v) is 10.8. The van der Waals surface area contributed by atoms with Gasteiger partial charge in [0.2, 0.25) is 5.91 Å². The first-order chi connectivity index (χ1) is 19.4. The van der Waals surface area contributed by atoms with Crippen LogP contribution in [-0.4, -0.2) is 48.2 Å². The number of rotatable bonds is 12. The average Bonchev–Trinajstić information content (AvgIpc) is 3.44. The Morgan fingerprint density at radius 1 is 0.975 bits per heavy atom. The Morgan fingerprint density at radius 2 is 1.68 bits per heavy atom. The number of aryl methyl sites for hydroxylation is 1. The summed E-state index contributed by atoms with van der Waals surface area (Å²) in [6, 6.07) is 24.7. The van der Waals surface area contributed by atoms with Gasteiger partial charge in [-0.1, -0.05) is 81.4 Å². The zero-order chi connectivity index (χ0) is 28.5. The predicted octanol–water partition coefficient (Wildman–Crippen LogP) is 7.22. The van der Waals surface area contributed by atoms with Crippen LogP contribution in [0.15, 0.2) is 85.1 Å². The van der Waals surface area contributed by atoms with Gasteiger partial charge in [0.15, 0.2) is 0 Å². The van der Waals surface area contributed by atoms with Crippen LogP contribution in [0.25, 0.3) is 22.0 Å². The summed E-state index contributed by atoms with van der Waals surface area (Å²) >= 11 is 0. The zero-order valence-electron chi connectivity index (χ0n) is 24.5. The standard InChI is InChI=1S/C35H42N4O/c1-6-32(28-17-15-27(16-18-28)25(2)3)35(30-19-20-33-31(23-30)24-37-38-33)29-13-11-26(12-14-29)9-7-21-36-22-8-10-34(40)39(4)5/h8,10-20,23-25,36H,6-7,9,21-22H2,1-5H3,(H,37,38)/b10-8+,35-32+. The number of H-pyrrole nitrogens is 1. The van der Waals surface area contributed by atoms with E-state index in [0.717, 1.165) is 36.7 Å². The first-order valence-corrected chi connectivity index (χ1v) is 14.3. The molecule has 0 spiro atoms. The highest BCUT2D eigenvalue weighted by Crippen LogP contribution is 2.36. The number of aromatic amines is 1. The molecule has 0 aliphatic carbocycles. The van der Waals surface area contributed by atoms with Crippen molar-refractivity contribution in [2.75, 3.05) is 27.2 Å². The number of aromatic nitrogens is 2. The number of likely N-dealkylation sites (N-methyl/N-ethyl adjacent to an activating group) is 1. The number of carbonyl (C=O) groups excluding carboxylic acids is 1. The summed E-state index contributed by atoms with van der Waals surface area (Å²) in [6.45, 7) is 8.33. The molecule has 0 atom stereocenters. The molecule has 0 radical (unpaired) electrons. The van der Waals surface area contributed by atoms with Crippen LogP contribution >= 0.6 is 0 Å². The van der Waals surface area contributed by atoms with Crippen molar-refractivity contribution in [2.24, 2.45) is 0 Å². The molecule has 1 heterocycles. The van der Waals surface area contributed by atoms with Crippen LogP contribution in [-0.2, 0) is 11.2 Å². The molecule has 208 valence electrons. The molecule has 3 aromatic carbocycles. The highest BCUT2D eigenvalue weighted by molar-refractivity contribution is 6.00. The number of fused-ring (bicyclic) bond motifs is 1. The third-order valence-corrected chi connectivity index (χ3v) is 7.34. The van der Waals surface area contributed by atoms with Crippen molar-refractivity contribution >= 4 is 28.0 Å². The first kappa shape index (κ1) is 29.0. The predicted molar refractivity (Wildman–Crippen MR) is 168 cm³/mol. The minimum absolute atomic E-state index is 0.0128. The fourth-order valence-corrected chi connectivity index (χ4v) is 4.96. The maximum absolute atomic E-state index is 11.6. The third-order valence-electron chi connectivity index (χ3n) is 7.34. The molecule has 0 unspecified atom stereocenters. The van der Waals surface area contributed by atoms with Gasteiger partial charge < -0.3 is 10.2 Å². The SMILES string of the molecule is CC/C(=C(/c1ccc(CCCNC/C=C/C(=O)N(C)C)cc1)c1ccc2[nH]ncc2c1)c1ccc(C(C)C)cc1. The Labute approximate surface area is 239 Å². The van der Waals surface area contributed by atoms with Gasteiger partial charge in [0, 0.05) is 32.1 Å². The van der Waals surface area contributed by atoms with Gasteiger partial charge in [0.05, 0.1) is 11.7 Å². The van der Waals surface area contributed by atoms with Gasteiger partial charge in [-0.3, -0.25) is 9.89 Å². The van der Waals surface area contributed by atoms with E-state index in [9.17, 15) is 4.79 Å². The molecule has 4 rings (SSSR count). The van der Waals surface area contributed by atoms with Crippen molar-refractivity contribution < 1.29 is 4.79 Å². The molecular formula is C35H42N4O. The molecule has 1 aromatic heterocycles. The molecule has 0 aliphatic rings. The monoisotopic (exact) mass is 534 g/mol. The molecule has 0 bridgehead atoms. The van der Waals surface area contributed by atoms with Crippen molar-refractivity contribution in [3.63, 3.8) is 0 Å². The second kappa shape index (κ2) is 13.9. The molecular weight excluding hydrogens is 492 g/mol. The van der Waals surface area contributed by atoms with E-state index >= 15 is 0 Å². The summed E-state index contributed by atoms with van der Waals surface area (Å²) in [5, 5.41) is 11.8. The zero-order valence-corrected chi connectivity index (χ0v) is 24.5. The van der Waals surface area contributed by atoms with E-state index in [1.54, 1.807) is 25.1 Å². The Balaban J connectivity index is 1.54. The summed E-state index contributed by atoms with van der Waals surface area (Å²) in [5.74, 6) is 0.524. The summed E-state index contributed by atoms with van der Waals surface area (Å²) in [5.41, 5.74) is 10.1. The van der Waals surface area contributed by atoms with Gasteiger partial charge in [0.25, 0.3) is 0 Å². The van der Waals surface area contributed by atoms with E-state index in [0.29, 0.717) is 12.5 Å². The Kier molecular flexibility index (Phi) is 10.1. The lowest BCUT2D eigenvalue weighted by molar-refractivity contribution is -0.123. The van der Waals surface area contributed by atoms with Crippen LogP contribution in [0.1, 0.15) is 67.3 Å². The van der Waals surface area contributed by atoms with Gasteiger partial charge in [0.1, 0.15) is 0 Å². The maximum Gasteiger partial charge on any atom is 0.245 e. The van der Waals surface area contributed by atoms with Crippen LogP contribution in [0.3, 0.4) is 0 Å². The largest absolute Gasteiger partial charge is 0.345 e. The fraction of sp³-hybridized carbons (Fsp3) is 0.314. The molecule has 0 saturated heterocycles. The van der Waals surface area contributed by atoms with E-state index in [2.05, 4.69) is 103 Å². The quantitative estimate of drug-likeness (QED) is 0.115. The van der Waals surface area contributed by atoms with Crippen molar-refractivity contribution in [3.05, 3.63) is 113 Å². The molecule has 0 fully saturated rings. The molecule has 5 nitrogen and oxygen atoms in total. The van der Waals surface area contributed by atoms with E-state index < -0.39 is 0 Å². The summed E-state index contributed by atoms with van der Waals surface area (Å²) in [7, 11) is 3.52. The molecule has 5 heteroatoms. The van der Waals surface area contributed by atoms with Crippen LogP contribution in [0, 0.1) is 0 Å². The normalized spacial score (nSPS) is 12.3. The average molecular weight is 535 g/mol. The van der Waals surface area contributed by atoms with Crippen LogP contribution in [0.2, 0.25) is 0 Å². The summed E-state index contributed by atoms with van der Waals surface area (Å²) in [6.07, 6.45) is 8.37. The second-order valence-electron chi connectivity index (χ2n) is 10.8. The number of hydrogen-bond donors (Lipinski definition) is 2. The molecule has 2 N–H and O–H groups in total. The van der Waals surface area contributed by atoms with E-state index in [4.69, 9.17) is 0 Å². The number of hydrogen-bond acceptors (Lipinski definition) is 3. The number of allylic oxidation sites excluding steroid dienone is 1. The van der Waals surface area contributed by atoms with Gasteiger partial charge >= 0.3 is 0 Å². The number of benzene rings is 3. The van der Waals surface area contributed by atoms with Crippen LogP contribution in [0.4, 0.5) is 0 Å². The number of amides is 1. The third kappa shape index (κ3) is 7.36. The van der Waals surface area contributed by atoms with Gasteiger partial charge in [-0.15, -0.1) is 0 Å². The van der Waals surface area contributed by atoms with Gasteiger partial charge in [-0.25, -0.2) is 0 Å².